The monoisotopic (exact) mass is 471 g/mol. The van der Waals surface area contributed by atoms with Crippen molar-refractivity contribution < 1.29 is 33.3 Å². The normalized spacial score (nSPS) is 22.1. The van der Waals surface area contributed by atoms with Crippen molar-refractivity contribution in [3.05, 3.63) is 52.4 Å². The van der Waals surface area contributed by atoms with E-state index in [-0.39, 0.29) is 24.9 Å². The van der Waals surface area contributed by atoms with Gasteiger partial charge in [0.1, 0.15) is 18.3 Å². The predicted molar refractivity (Wildman–Crippen MR) is 125 cm³/mol. The number of carbonyl (C=O) groups is 3. The minimum absolute atomic E-state index is 0.0882. The van der Waals surface area contributed by atoms with Crippen LogP contribution < -0.4 is 10.1 Å². The Balaban J connectivity index is 2.13. The van der Waals surface area contributed by atoms with Gasteiger partial charge in [0.25, 0.3) is 0 Å². The number of nitrogens with one attached hydrogen (secondary N) is 1. The lowest BCUT2D eigenvalue weighted by Crippen LogP contribution is -2.43. The zero-order valence-electron chi connectivity index (χ0n) is 20.4. The van der Waals surface area contributed by atoms with Crippen molar-refractivity contribution in [2.45, 2.75) is 40.0 Å². The Kier molecular flexibility index (Phi) is 8.50. The second-order valence-electron chi connectivity index (χ2n) is 8.34. The summed E-state index contributed by atoms with van der Waals surface area (Å²) in [5.74, 6) is -2.84. The summed E-state index contributed by atoms with van der Waals surface area (Å²) in [4.78, 5) is 39.6. The average molecular weight is 472 g/mol. The highest BCUT2D eigenvalue weighted by atomic mass is 16.6. The fraction of sp³-hybridized carbons (Fsp3) is 0.500. The van der Waals surface area contributed by atoms with Gasteiger partial charge in [-0.3, -0.25) is 9.59 Å². The Morgan fingerprint density at radius 1 is 1.12 bits per heavy atom. The molecule has 1 aliphatic carbocycles. The first-order chi connectivity index (χ1) is 16.3. The van der Waals surface area contributed by atoms with Gasteiger partial charge in [-0.25, -0.2) is 4.79 Å². The standard InChI is InChI=1S/C26H33NO7/c1-6-32-12-13-34-26(30)21-16(4)27-18-14-15(3)20(25(29)31-5)24(28)23(18)22(21)17-10-8-9-11-19(17)33-7-2/h8-11,15,20,22,27H,6-7,12-14H2,1-5H3/t15-,20-,22+/m0/s1. The van der Waals surface area contributed by atoms with E-state index in [0.29, 0.717) is 53.5 Å². The molecule has 0 spiro atoms. The van der Waals surface area contributed by atoms with Crippen molar-refractivity contribution in [1.82, 2.24) is 5.32 Å². The molecule has 0 amide bonds. The van der Waals surface area contributed by atoms with Crippen LogP contribution in [-0.2, 0) is 28.6 Å². The van der Waals surface area contributed by atoms with Crippen molar-refractivity contribution in [2.24, 2.45) is 11.8 Å². The molecule has 1 aliphatic heterocycles. The fourth-order valence-corrected chi connectivity index (χ4v) is 4.68. The fourth-order valence-electron chi connectivity index (χ4n) is 4.68. The summed E-state index contributed by atoms with van der Waals surface area (Å²) in [6, 6.07) is 7.32. The molecule has 3 atom stereocenters. The summed E-state index contributed by atoms with van der Waals surface area (Å²) < 4.78 is 21.6. The van der Waals surface area contributed by atoms with E-state index in [9.17, 15) is 14.4 Å². The van der Waals surface area contributed by atoms with E-state index in [4.69, 9.17) is 18.9 Å². The average Bonchev–Trinajstić information content (AvgIpc) is 2.81. The van der Waals surface area contributed by atoms with Crippen LogP contribution in [0.4, 0.5) is 0 Å². The number of ether oxygens (including phenoxy) is 4. The third-order valence-electron chi connectivity index (χ3n) is 6.16. The highest BCUT2D eigenvalue weighted by Gasteiger charge is 2.47. The molecule has 8 heteroatoms. The zero-order valence-corrected chi connectivity index (χ0v) is 20.4. The molecule has 0 saturated heterocycles. The van der Waals surface area contributed by atoms with Gasteiger partial charge in [0.2, 0.25) is 0 Å². The van der Waals surface area contributed by atoms with Gasteiger partial charge in [-0.15, -0.1) is 0 Å². The van der Waals surface area contributed by atoms with Gasteiger partial charge in [0.05, 0.1) is 31.8 Å². The van der Waals surface area contributed by atoms with E-state index < -0.39 is 23.8 Å². The highest BCUT2D eigenvalue weighted by Crippen LogP contribution is 2.47. The topological polar surface area (TPSA) is 100 Å². The number of Topliss-reactive ketones (excluding diaryl/α,β-unsaturated/α-hetero) is 1. The minimum Gasteiger partial charge on any atom is -0.494 e. The van der Waals surface area contributed by atoms with E-state index in [1.165, 1.54) is 7.11 Å². The molecule has 184 valence electrons. The molecule has 0 radical (unpaired) electrons. The number of dihydropyridines is 1. The van der Waals surface area contributed by atoms with Crippen molar-refractivity contribution >= 4 is 17.7 Å². The summed E-state index contributed by atoms with van der Waals surface area (Å²) in [7, 11) is 1.28. The molecular formula is C26H33NO7. The van der Waals surface area contributed by atoms with Gasteiger partial charge in [-0.2, -0.15) is 0 Å². The quantitative estimate of drug-likeness (QED) is 0.333. The van der Waals surface area contributed by atoms with Crippen LogP contribution in [0.25, 0.3) is 0 Å². The number of hydrogen-bond donors (Lipinski definition) is 1. The maximum absolute atomic E-state index is 13.8. The van der Waals surface area contributed by atoms with Crippen molar-refractivity contribution in [3.63, 3.8) is 0 Å². The number of rotatable bonds is 9. The van der Waals surface area contributed by atoms with Crippen LogP contribution in [0.2, 0.25) is 0 Å². The summed E-state index contributed by atoms with van der Waals surface area (Å²) in [5.41, 5.74) is 2.67. The summed E-state index contributed by atoms with van der Waals surface area (Å²) in [6.07, 6.45) is 0.470. The number of ketones is 1. The maximum atomic E-state index is 13.8. The number of benzene rings is 1. The molecule has 0 unspecified atom stereocenters. The summed E-state index contributed by atoms with van der Waals surface area (Å²) in [6.45, 7) is 8.67. The molecule has 1 aromatic rings. The van der Waals surface area contributed by atoms with Crippen LogP contribution in [0.3, 0.4) is 0 Å². The number of carbonyl (C=O) groups excluding carboxylic acids is 3. The van der Waals surface area contributed by atoms with E-state index in [1.54, 1.807) is 6.92 Å². The first-order valence-corrected chi connectivity index (χ1v) is 11.6. The van der Waals surface area contributed by atoms with Gasteiger partial charge in [0, 0.05) is 29.1 Å². The molecule has 3 rings (SSSR count). The van der Waals surface area contributed by atoms with Crippen LogP contribution in [0.1, 0.15) is 45.6 Å². The van der Waals surface area contributed by atoms with Crippen LogP contribution in [-0.4, -0.2) is 51.3 Å². The summed E-state index contributed by atoms with van der Waals surface area (Å²) >= 11 is 0. The molecule has 1 N–H and O–H groups in total. The number of allylic oxidation sites excluding steroid dienone is 3. The van der Waals surface area contributed by atoms with E-state index in [0.717, 1.165) is 0 Å². The first kappa shape index (κ1) is 25.5. The lowest BCUT2D eigenvalue weighted by molar-refractivity contribution is -0.151. The van der Waals surface area contributed by atoms with Gasteiger partial charge >= 0.3 is 11.9 Å². The Hall–Kier alpha value is -3.13. The van der Waals surface area contributed by atoms with Crippen LogP contribution in [0.15, 0.2) is 46.8 Å². The number of esters is 2. The van der Waals surface area contributed by atoms with Gasteiger partial charge < -0.3 is 24.3 Å². The molecule has 0 fully saturated rings. The Labute approximate surface area is 200 Å². The zero-order chi connectivity index (χ0) is 24.8. The Bertz CT molecular complexity index is 1010. The SMILES string of the molecule is CCOCCOC(=O)C1=C(C)NC2=C(C(=O)[C@@H](C(=O)OC)[C@@H](C)C2)[C@@H]1c1ccccc1OCC. The number of hydrogen-bond acceptors (Lipinski definition) is 8. The van der Waals surface area contributed by atoms with Crippen LogP contribution >= 0.6 is 0 Å². The highest BCUT2D eigenvalue weighted by molar-refractivity contribution is 6.12. The third kappa shape index (κ3) is 5.01. The summed E-state index contributed by atoms with van der Waals surface area (Å²) in [5, 5.41) is 3.25. The van der Waals surface area contributed by atoms with Crippen molar-refractivity contribution in [3.8, 4) is 5.75 Å². The van der Waals surface area contributed by atoms with Gasteiger partial charge in [-0.1, -0.05) is 25.1 Å². The second-order valence-corrected chi connectivity index (χ2v) is 8.34. The van der Waals surface area contributed by atoms with E-state index >= 15 is 0 Å². The molecule has 1 aromatic carbocycles. The maximum Gasteiger partial charge on any atom is 0.336 e. The predicted octanol–water partition coefficient (Wildman–Crippen LogP) is 3.28. The first-order valence-electron chi connectivity index (χ1n) is 11.6. The van der Waals surface area contributed by atoms with Gasteiger partial charge in [0.15, 0.2) is 5.78 Å². The second kappa shape index (κ2) is 11.3. The van der Waals surface area contributed by atoms with Crippen molar-refractivity contribution in [2.75, 3.05) is 33.5 Å². The largest absolute Gasteiger partial charge is 0.494 e. The Morgan fingerprint density at radius 3 is 2.53 bits per heavy atom. The van der Waals surface area contributed by atoms with Crippen LogP contribution in [0, 0.1) is 11.8 Å². The lowest BCUT2D eigenvalue weighted by atomic mass is 9.69. The molecule has 0 saturated carbocycles. The smallest absolute Gasteiger partial charge is 0.336 e. The molecule has 0 aromatic heterocycles. The molecule has 2 aliphatic rings. The number of methoxy groups -OCH3 is 1. The van der Waals surface area contributed by atoms with Crippen LogP contribution in [0.5, 0.6) is 5.75 Å². The molecular weight excluding hydrogens is 438 g/mol. The van der Waals surface area contributed by atoms with Gasteiger partial charge in [-0.05, 0) is 39.2 Å². The molecule has 34 heavy (non-hydrogen) atoms. The molecule has 0 bridgehead atoms. The molecule has 1 heterocycles. The lowest BCUT2D eigenvalue weighted by Gasteiger charge is -2.38. The van der Waals surface area contributed by atoms with E-state index in [1.807, 2.05) is 45.0 Å². The number of para-hydroxylation sites is 1. The van der Waals surface area contributed by atoms with Crippen molar-refractivity contribution in [1.29, 1.82) is 0 Å². The minimum atomic E-state index is -0.944. The third-order valence-corrected chi connectivity index (χ3v) is 6.16. The molecule has 8 nitrogen and oxygen atoms in total. The Morgan fingerprint density at radius 2 is 1.85 bits per heavy atom. The van der Waals surface area contributed by atoms with E-state index in [2.05, 4.69) is 5.32 Å².